The van der Waals surface area contributed by atoms with Gasteiger partial charge in [-0.2, -0.15) is 9.50 Å². The predicted molar refractivity (Wildman–Crippen MR) is 91.8 cm³/mol. The van der Waals surface area contributed by atoms with Crippen molar-refractivity contribution in [1.82, 2.24) is 24.9 Å². The first-order valence-electron chi connectivity index (χ1n) is 7.90. The summed E-state index contributed by atoms with van der Waals surface area (Å²) in [5.41, 5.74) is 1.45. The molecule has 25 heavy (non-hydrogen) atoms. The Morgan fingerprint density at radius 1 is 1.28 bits per heavy atom. The number of methoxy groups -OCH3 is 1. The van der Waals surface area contributed by atoms with Crippen molar-refractivity contribution in [3.05, 3.63) is 57.8 Å². The lowest BCUT2D eigenvalue weighted by Crippen LogP contribution is -2.27. The van der Waals surface area contributed by atoms with Crippen molar-refractivity contribution >= 4 is 11.7 Å². The van der Waals surface area contributed by atoms with E-state index in [-0.39, 0.29) is 23.7 Å². The molecule has 0 spiro atoms. The average Bonchev–Trinajstić information content (AvgIpc) is 2.98. The first-order chi connectivity index (χ1) is 12.0. The lowest BCUT2D eigenvalue weighted by atomic mass is 10.1. The first kappa shape index (κ1) is 16.7. The van der Waals surface area contributed by atoms with Crippen molar-refractivity contribution < 1.29 is 9.53 Å². The number of benzene rings is 1. The molecule has 0 atom stereocenters. The van der Waals surface area contributed by atoms with E-state index in [1.807, 2.05) is 24.3 Å². The standard InChI is InChI=1S/C17H19N5O3/c1-11-9-16(24)22-17(19-11)20-14(21-22)10-15(23)18-8-7-12-3-5-13(25-2)6-4-12/h3-6,9H,7-8,10H2,1-2H3,(H,18,23)(H,19,20,21). The molecule has 0 radical (unpaired) electrons. The minimum Gasteiger partial charge on any atom is -0.497 e. The second-order valence-corrected chi connectivity index (χ2v) is 5.67. The number of amides is 1. The van der Waals surface area contributed by atoms with Crippen LogP contribution in [0.25, 0.3) is 5.78 Å². The summed E-state index contributed by atoms with van der Waals surface area (Å²) in [6, 6.07) is 9.11. The molecule has 0 unspecified atom stereocenters. The van der Waals surface area contributed by atoms with Gasteiger partial charge in [-0.25, -0.2) is 4.98 Å². The van der Waals surface area contributed by atoms with E-state index in [1.54, 1.807) is 14.0 Å². The number of aromatic amines is 1. The normalized spacial score (nSPS) is 10.8. The van der Waals surface area contributed by atoms with Gasteiger partial charge in [-0.3, -0.25) is 14.7 Å². The Labute approximate surface area is 143 Å². The molecule has 1 aromatic carbocycles. The van der Waals surface area contributed by atoms with Crippen LogP contribution in [0.15, 0.2) is 35.1 Å². The van der Waals surface area contributed by atoms with Gasteiger partial charge >= 0.3 is 0 Å². The third kappa shape index (κ3) is 4.03. The Bertz CT molecular complexity index is 943. The quantitative estimate of drug-likeness (QED) is 0.685. The molecular formula is C17H19N5O3. The number of H-pyrrole nitrogens is 1. The van der Waals surface area contributed by atoms with Crippen LogP contribution in [0.2, 0.25) is 0 Å². The summed E-state index contributed by atoms with van der Waals surface area (Å²) < 4.78 is 6.34. The molecule has 0 aliphatic carbocycles. The third-order valence-corrected chi connectivity index (χ3v) is 3.73. The average molecular weight is 341 g/mol. The molecule has 8 nitrogen and oxygen atoms in total. The van der Waals surface area contributed by atoms with E-state index in [1.165, 1.54) is 10.6 Å². The topological polar surface area (TPSA) is 101 Å². The van der Waals surface area contributed by atoms with Crippen molar-refractivity contribution in [2.75, 3.05) is 13.7 Å². The minimum atomic E-state index is -0.249. The molecule has 2 N–H and O–H groups in total. The lowest BCUT2D eigenvalue weighted by Gasteiger charge is -2.05. The maximum Gasteiger partial charge on any atom is 0.274 e. The van der Waals surface area contributed by atoms with E-state index in [2.05, 4.69) is 20.4 Å². The van der Waals surface area contributed by atoms with Gasteiger partial charge in [0.25, 0.3) is 11.3 Å². The number of carbonyl (C=O) groups is 1. The summed E-state index contributed by atoms with van der Waals surface area (Å²) in [6.45, 7) is 2.24. The van der Waals surface area contributed by atoms with Gasteiger partial charge in [-0.1, -0.05) is 12.1 Å². The van der Waals surface area contributed by atoms with Gasteiger partial charge in [-0.05, 0) is 31.0 Å². The molecule has 130 valence electrons. The van der Waals surface area contributed by atoms with E-state index in [9.17, 15) is 9.59 Å². The number of hydrogen-bond acceptors (Lipinski definition) is 5. The van der Waals surface area contributed by atoms with Crippen LogP contribution >= 0.6 is 0 Å². The van der Waals surface area contributed by atoms with Crippen molar-refractivity contribution in [3.8, 4) is 5.75 Å². The van der Waals surface area contributed by atoms with Crippen molar-refractivity contribution in [2.45, 2.75) is 19.8 Å². The fourth-order valence-electron chi connectivity index (χ4n) is 2.47. The second kappa shape index (κ2) is 7.16. The lowest BCUT2D eigenvalue weighted by molar-refractivity contribution is -0.120. The van der Waals surface area contributed by atoms with Crippen LogP contribution in [0, 0.1) is 6.92 Å². The van der Waals surface area contributed by atoms with Crippen LogP contribution in [-0.2, 0) is 17.6 Å². The summed E-state index contributed by atoms with van der Waals surface area (Å²) >= 11 is 0. The minimum absolute atomic E-state index is 0.0600. The van der Waals surface area contributed by atoms with Crippen molar-refractivity contribution in [3.63, 3.8) is 0 Å². The molecule has 0 saturated carbocycles. The number of ether oxygens (including phenoxy) is 1. The van der Waals surface area contributed by atoms with Gasteiger partial charge in [-0.15, -0.1) is 0 Å². The number of aryl methyl sites for hydroxylation is 1. The molecule has 0 aliphatic heterocycles. The molecule has 0 saturated heterocycles. The summed E-state index contributed by atoms with van der Waals surface area (Å²) in [4.78, 5) is 32.2. The largest absolute Gasteiger partial charge is 0.497 e. The summed E-state index contributed by atoms with van der Waals surface area (Å²) in [5, 5.41) is 5.64. The molecule has 2 heterocycles. The summed E-state index contributed by atoms with van der Waals surface area (Å²) in [6.07, 6.45) is 0.778. The van der Waals surface area contributed by atoms with E-state index < -0.39 is 0 Å². The van der Waals surface area contributed by atoms with Crippen LogP contribution in [0.4, 0.5) is 0 Å². The van der Waals surface area contributed by atoms with Gasteiger partial charge in [0, 0.05) is 18.3 Å². The number of aromatic nitrogens is 4. The van der Waals surface area contributed by atoms with Crippen LogP contribution < -0.4 is 15.6 Å². The van der Waals surface area contributed by atoms with Gasteiger partial charge in [0.1, 0.15) is 11.6 Å². The van der Waals surface area contributed by atoms with Crippen LogP contribution in [0.3, 0.4) is 0 Å². The zero-order chi connectivity index (χ0) is 17.8. The summed E-state index contributed by atoms with van der Waals surface area (Å²) in [5.74, 6) is 1.30. The number of hydrogen-bond donors (Lipinski definition) is 2. The van der Waals surface area contributed by atoms with Gasteiger partial charge < -0.3 is 10.1 Å². The van der Waals surface area contributed by atoms with Crippen LogP contribution in [0.5, 0.6) is 5.75 Å². The van der Waals surface area contributed by atoms with Crippen LogP contribution in [0.1, 0.15) is 17.1 Å². The summed E-state index contributed by atoms with van der Waals surface area (Å²) in [7, 11) is 1.62. The number of nitrogens with one attached hydrogen (secondary N) is 2. The maximum absolute atomic E-state index is 12.0. The number of nitrogens with zero attached hydrogens (tertiary/aromatic N) is 3. The third-order valence-electron chi connectivity index (χ3n) is 3.73. The van der Waals surface area contributed by atoms with E-state index in [0.717, 1.165) is 17.7 Å². The van der Waals surface area contributed by atoms with Crippen molar-refractivity contribution in [2.24, 2.45) is 0 Å². The highest BCUT2D eigenvalue weighted by atomic mass is 16.5. The fraction of sp³-hybridized carbons (Fsp3) is 0.294. The predicted octanol–water partition coefficient (Wildman–Crippen LogP) is 0.636. The molecule has 3 rings (SSSR count). The second-order valence-electron chi connectivity index (χ2n) is 5.67. The molecule has 0 aliphatic rings. The Balaban J connectivity index is 1.55. The molecule has 0 fully saturated rings. The smallest absolute Gasteiger partial charge is 0.274 e. The highest BCUT2D eigenvalue weighted by molar-refractivity contribution is 5.77. The Morgan fingerprint density at radius 2 is 2.04 bits per heavy atom. The zero-order valence-corrected chi connectivity index (χ0v) is 14.1. The Kier molecular flexibility index (Phi) is 4.78. The van der Waals surface area contributed by atoms with Crippen molar-refractivity contribution in [1.29, 1.82) is 0 Å². The molecule has 2 aromatic heterocycles. The SMILES string of the molecule is COc1ccc(CCNC(=O)Cc2nc3nc(C)cc(=O)n3[nH]2)cc1. The van der Waals surface area contributed by atoms with Gasteiger partial charge in [0.15, 0.2) is 0 Å². The monoisotopic (exact) mass is 341 g/mol. The molecule has 8 heteroatoms. The number of carbonyl (C=O) groups excluding carboxylic acids is 1. The first-order valence-corrected chi connectivity index (χ1v) is 7.90. The number of fused-ring (bicyclic) bond motifs is 1. The van der Waals surface area contributed by atoms with E-state index in [0.29, 0.717) is 18.1 Å². The molecule has 0 bridgehead atoms. The maximum atomic E-state index is 12.0. The van der Waals surface area contributed by atoms with Gasteiger partial charge in [0.05, 0.1) is 13.5 Å². The Hall–Kier alpha value is -3.16. The van der Waals surface area contributed by atoms with Gasteiger partial charge in [0.2, 0.25) is 5.91 Å². The van der Waals surface area contributed by atoms with Crippen LogP contribution in [-0.4, -0.2) is 39.1 Å². The van der Waals surface area contributed by atoms with E-state index >= 15 is 0 Å². The highest BCUT2D eigenvalue weighted by Gasteiger charge is 2.10. The zero-order valence-electron chi connectivity index (χ0n) is 14.1. The highest BCUT2D eigenvalue weighted by Crippen LogP contribution is 2.11. The Morgan fingerprint density at radius 3 is 2.76 bits per heavy atom. The number of rotatable bonds is 6. The molecule has 1 amide bonds. The molecular weight excluding hydrogens is 322 g/mol. The van der Waals surface area contributed by atoms with E-state index in [4.69, 9.17) is 4.74 Å². The fourth-order valence-corrected chi connectivity index (χ4v) is 2.47. The molecule has 3 aromatic rings.